The number of ether oxygens (including phenoxy) is 1. The number of phenolic OH excluding ortho intramolecular Hbond substituents is 1. The number of methoxy groups -OCH3 is 1. The highest BCUT2D eigenvalue weighted by Gasteiger charge is 2.31. The summed E-state index contributed by atoms with van der Waals surface area (Å²) in [6, 6.07) is 20.4. The number of aliphatic imine (C=N–C) groups is 1. The van der Waals surface area contributed by atoms with Crippen LogP contribution in [-0.2, 0) is 43.2 Å². The Morgan fingerprint density at radius 2 is 1.40 bits per heavy atom. The van der Waals surface area contributed by atoms with Crippen LogP contribution in [0.4, 0.5) is 0 Å². The number of aromatic hydroxyl groups is 1. The van der Waals surface area contributed by atoms with Crippen molar-refractivity contribution in [2.75, 3.05) is 13.7 Å². The van der Waals surface area contributed by atoms with Gasteiger partial charge in [0.2, 0.25) is 17.7 Å². The van der Waals surface area contributed by atoms with Gasteiger partial charge < -0.3 is 42.2 Å². The third-order valence-corrected chi connectivity index (χ3v) is 8.82. The molecule has 4 atom stereocenters. The summed E-state index contributed by atoms with van der Waals surface area (Å²) in [5.74, 6) is -2.52. The Hall–Kier alpha value is -5.85. The summed E-state index contributed by atoms with van der Waals surface area (Å²) in [7, 11) is 1.25. The molecule has 4 aromatic rings. The highest BCUT2D eigenvalue weighted by molar-refractivity contribution is 5.94. The molecule has 1 heterocycles. The van der Waals surface area contributed by atoms with Crippen molar-refractivity contribution in [1.82, 2.24) is 20.9 Å². The zero-order chi connectivity index (χ0) is 37.5. The normalized spacial score (nSPS) is 13.3. The number of guanidine groups is 1. The maximum atomic E-state index is 14.1. The van der Waals surface area contributed by atoms with Crippen molar-refractivity contribution >= 4 is 40.6 Å². The first-order chi connectivity index (χ1) is 25.1. The first kappa shape index (κ1) is 38.9. The lowest BCUT2D eigenvalue weighted by molar-refractivity contribution is -0.145. The minimum absolute atomic E-state index is 0.103. The fourth-order valence-electron chi connectivity index (χ4n) is 6.11. The Morgan fingerprint density at radius 1 is 0.769 bits per heavy atom. The van der Waals surface area contributed by atoms with E-state index in [9.17, 15) is 24.3 Å². The Bertz CT molecular complexity index is 1800. The first-order valence-corrected chi connectivity index (χ1v) is 17.5. The van der Waals surface area contributed by atoms with Crippen LogP contribution < -0.4 is 27.4 Å². The molecule has 0 saturated carbocycles. The lowest BCUT2D eigenvalue weighted by Gasteiger charge is -2.26. The molecule has 1 aromatic heterocycles. The number of nitrogens with one attached hydrogen (secondary N) is 4. The summed E-state index contributed by atoms with van der Waals surface area (Å²) in [4.78, 5) is 61.9. The topological polar surface area (TPSA) is 214 Å². The minimum Gasteiger partial charge on any atom is -0.508 e. The molecule has 4 unspecified atom stereocenters. The van der Waals surface area contributed by atoms with E-state index in [1.165, 1.54) is 7.11 Å². The Morgan fingerprint density at radius 3 is 2.10 bits per heavy atom. The predicted octanol–water partition coefficient (Wildman–Crippen LogP) is 3.00. The van der Waals surface area contributed by atoms with Gasteiger partial charge in [-0.25, -0.2) is 4.79 Å². The number of hydrogen-bond donors (Lipinski definition) is 7. The number of carbonyl (C=O) groups excluding carboxylic acids is 4. The molecule has 0 aliphatic heterocycles. The van der Waals surface area contributed by atoms with Crippen LogP contribution in [0.2, 0.25) is 0 Å². The monoisotopic (exact) mass is 711 g/mol. The van der Waals surface area contributed by atoms with Gasteiger partial charge in [0.15, 0.2) is 5.96 Å². The van der Waals surface area contributed by atoms with Gasteiger partial charge in [-0.3, -0.25) is 19.4 Å². The fraction of sp³-hybridized carbons (Fsp3) is 0.359. The van der Waals surface area contributed by atoms with Gasteiger partial charge in [0, 0.05) is 42.4 Å². The van der Waals surface area contributed by atoms with E-state index in [1.54, 1.807) is 30.5 Å². The Balaban J connectivity index is 1.56. The number of fused-ring (bicyclic) bond motifs is 1. The third kappa shape index (κ3) is 11.6. The number of para-hydroxylation sites is 1. The van der Waals surface area contributed by atoms with Crippen LogP contribution in [0.3, 0.4) is 0 Å². The summed E-state index contributed by atoms with van der Waals surface area (Å²) in [6.45, 7) is 2.19. The molecule has 0 fully saturated rings. The van der Waals surface area contributed by atoms with Gasteiger partial charge in [0.1, 0.15) is 23.9 Å². The molecule has 4 rings (SSSR count). The summed E-state index contributed by atoms with van der Waals surface area (Å²) >= 11 is 0. The van der Waals surface area contributed by atoms with E-state index in [-0.39, 0.29) is 43.4 Å². The van der Waals surface area contributed by atoms with Crippen LogP contribution in [0, 0.1) is 5.92 Å². The number of benzene rings is 3. The highest BCUT2D eigenvalue weighted by Crippen LogP contribution is 2.20. The molecule has 0 aliphatic carbocycles. The smallest absolute Gasteiger partial charge is 0.328 e. The average molecular weight is 712 g/mol. The van der Waals surface area contributed by atoms with Crippen molar-refractivity contribution in [3.63, 3.8) is 0 Å². The predicted molar refractivity (Wildman–Crippen MR) is 200 cm³/mol. The van der Waals surface area contributed by atoms with Crippen LogP contribution >= 0.6 is 0 Å². The molecule has 13 heteroatoms. The molecule has 0 saturated heterocycles. The standard InChI is InChI=1S/C39H49N7O6/c1-3-10-27(21-26-16-18-29(47)19-17-26)35(48)45-33(22-25-11-5-4-6-12-25)37(50)44-32(15-9-20-42-39(40)41)36(49)46-34(38(51)52-2)23-28-24-43-31-14-8-7-13-30(28)31/h4-8,11-14,16-19,24,27,32-34,43,47H,3,9-10,15,20-23H2,1-2H3,(H,44,50)(H,45,48)(H,46,49)(H4,40,41,42). The van der Waals surface area contributed by atoms with E-state index < -0.39 is 41.8 Å². The van der Waals surface area contributed by atoms with Gasteiger partial charge in [-0.15, -0.1) is 0 Å². The number of nitrogens with zero attached hydrogens (tertiary/aromatic N) is 1. The number of rotatable bonds is 19. The molecule has 13 nitrogen and oxygen atoms in total. The van der Waals surface area contributed by atoms with Gasteiger partial charge >= 0.3 is 5.97 Å². The van der Waals surface area contributed by atoms with Crippen LogP contribution in [0.15, 0.2) is 90.1 Å². The summed E-state index contributed by atoms with van der Waals surface area (Å²) < 4.78 is 5.04. The second kappa shape index (κ2) is 19.5. The van der Waals surface area contributed by atoms with Gasteiger partial charge in [0.25, 0.3) is 0 Å². The van der Waals surface area contributed by atoms with Gasteiger partial charge in [0.05, 0.1) is 7.11 Å². The Kier molecular flexibility index (Phi) is 14.6. The first-order valence-electron chi connectivity index (χ1n) is 17.5. The lowest BCUT2D eigenvalue weighted by atomic mass is 9.93. The summed E-state index contributed by atoms with van der Waals surface area (Å²) in [5.41, 5.74) is 14.4. The maximum absolute atomic E-state index is 14.1. The number of phenols is 1. The second-order valence-corrected chi connectivity index (χ2v) is 12.8. The highest BCUT2D eigenvalue weighted by atomic mass is 16.5. The molecule has 52 heavy (non-hydrogen) atoms. The molecular weight excluding hydrogens is 662 g/mol. The fourth-order valence-corrected chi connectivity index (χ4v) is 6.11. The number of aromatic amines is 1. The summed E-state index contributed by atoms with van der Waals surface area (Å²) in [5, 5.41) is 19.2. The molecule has 0 bridgehead atoms. The van der Waals surface area contributed by atoms with Crippen molar-refractivity contribution in [3.05, 3.63) is 102 Å². The largest absolute Gasteiger partial charge is 0.508 e. The van der Waals surface area contributed by atoms with Gasteiger partial charge in [-0.05, 0) is 60.6 Å². The molecule has 276 valence electrons. The molecule has 3 amide bonds. The van der Waals surface area contributed by atoms with E-state index in [4.69, 9.17) is 16.2 Å². The quantitative estimate of drug-likeness (QED) is 0.0332. The van der Waals surface area contributed by atoms with E-state index in [1.807, 2.05) is 61.5 Å². The zero-order valence-corrected chi connectivity index (χ0v) is 29.6. The SMILES string of the molecule is CCCC(Cc1ccc(O)cc1)C(=O)NC(Cc1ccccc1)C(=O)NC(CCCN=C(N)N)C(=O)NC(Cc1c[nH]c2ccccc12)C(=O)OC. The minimum atomic E-state index is -1.10. The average Bonchev–Trinajstić information content (AvgIpc) is 3.55. The molecule has 0 spiro atoms. The van der Waals surface area contributed by atoms with Crippen molar-refractivity contribution in [1.29, 1.82) is 0 Å². The van der Waals surface area contributed by atoms with Crippen LogP contribution in [-0.4, -0.2) is 71.5 Å². The van der Waals surface area contributed by atoms with E-state index in [2.05, 4.69) is 25.9 Å². The van der Waals surface area contributed by atoms with Gasteiger partial charge in [-0.1, -0.05) is 74.0 Å². The number of hydrogen-bond acceptors (Lipinski definition) is 7. The van der Waals surface area contributed by atoms with E-state index in [0.29, 0.717) is 19.3 Å². The van der Waals surface area contributed by atoms with Crippen molar-refractivity contribution in [3.8, 4) is 5.75 Å². The van der Waals surface area contributed by atoms with E-state index in [0.717, 1.165) is 34.0 Å². The number of amides is 3. The molecule has 9 N–H and O–H groups in total. The van der Waals surface area contributed by atoms with Crippen LogP contribution in [0.1, 0.15) is 49.3 Å². The number of H-pyrrole nitrogens is 1. The molecular formula is C39H49N7O6. The number of nitrogens with two attached hydrogens (primary N) is 2. The van der Waals surface area contributed by atoms with Crippen molar-refractivity contribution in [2.24, 2.45) is 22.4 Å². The maximum Gasteiger partial charge on any atom is 0.328 e. The van der Waals surface area contributed by atoms with Crippen molar-refractivity contribution in [2.45, 2.75) is 70.0 Å². The van der Waals surface area contributed by atoms with Crippen LogP contribution in [0.25, 0.3) is 10.9 Å². The Labute approximate surface area is 303 Å². The number of esters is 1. The van der Waals surface area contributed by atoms with E-state index >= 15 is 0 Å². The molecule has 3 aromatic carbocycles. The van der Waals surface area contributed by atoms with Crippen molar-refractivity contribution < 1.29 is 29.0 Å². The number of aromatic nitrogens is 1. The third-order valence-electron chi connectivity index (χ3n) is 8.82. The second-order valence-electron chi connectivity index (χ2n) is 12.8. The number of carbonyl (C=O) groups is 4. The van der Waals surface area contributed by atoms with Gasteiger partial charge in [-0.2, -0.15) is 0 Å². The molecule has 0 radical (unpaired) electrons. The summed E-state index contributed by atoms with van der Waals surface area (Å²) in [6.07, 6.45) is 4.31. The molecule has 0 aliphatic rings. The zero-order valence-electron chi connectivity index (χ0n) is 29.6. The lowest BCUT2D eigenvalue weighted by Crippen LogP contribution is -2.57. The van der Waals surface area contributed by atoms with Crippen LogP contribution in [0.5, 0.6) is 5.75 Å².